The van der Waals surface area contributed by atoms with Crippen molar-refractivity contribution < 1.29 is 9.53 Å². The van der Waals surface area contributed by atoms with Gasteiger partial charge in [-0.25, -0.2) is 0 Å². The van der Waals surface area contributed by atoms with Crippen molar-refractivity contribution in [1.82, 2.24) is 5.32 Å². The maximum atomic E-state index is 12.1. The molecule has 0 aliphatic rings. The summed E-state index contributed by atoms with van der Waals surface area (Å²) in [5.74, 6) is 1.14. The Kier molecular flexibility index (Phi) is 6.35. The van der Waals surface area contributed by atoms with Gasteiger partial charge in [0, 0.05) is 0 Å². The molecule has 0 aliphatic heterocycles. The maximum Gasteiger partial charge on any atom is 0.234 e. The average molecular weight is 328 g/mol. The lowest BCUT2D eigenvalue weighted by molar-refractivity contribution is -0.121. The third-order valence-electron chi connectivity index (χ3n) is 3.08. The van der Waals surface area contributed by atoms with Crippen molar-refractivity contribution in [1.29, 1.82) is 0 Å². The van der Waals surface area contributed by atoms with E-state index in [9.17, 15) is 4.79 Å². The van der Waals surface area contributed by atoms with Gasteiger partial charge in [0.15, 0.2) is 0 Å². The molecule has 2 atom stereocenters. The quantitative estimate of drug-likeness (QED) is 0.809. The second-order valence-corrected chi connectivity index (χ2v) is 5.87. The van der Waals surface area contributed by atoms with E-state index in [1.807, 2.05) is 38.1 Å². The summed E-state index contributed by atoms with van der Waals surface area (Å²) in [5.41, 5.74) is 1.10. The highest BCUT2D eigenvalue weighted by atomic mass is 79.9. The zero-order chi connectivity index (χ0) is 14.4. The summed E-state index contributed by atoms with van der Waals surface area (Å²) in [6.45, 7) is 6.11. The molecule has 1 aromatic carbocycles. The van der Waals surface area contributed by atoms with Crippen molar-refractivity contribution in [2.24, 2.45) is 5.92 Å². The lowest BCUT2D eigenvalue weighted by Crippen LogP contribution is -2.36. The van der Waals surface area contributed by atoms with E-state index >= 15 is 0 Å². The molecule has 0 aromatic heterocycles. The van der Waals surface area contributed by atoms with E-state index in [1.165, 1.54) is 0 Å². The number of nitrogens with one attached hydrogen (secondary N) is 1. The van der Waals surface area contributed by atoms with E-state index in [0.29, 0.717) is 0 Å². The first kappa shape index (κ1) is 16.0. The maximum absolute atomic E-state index is 12.1. The Bertz CT molecular complexity index is 403. The monoisotopic (exact) mass is 327 g/mol. The Balaban J connectivity index is 2.74. The largest absolute Gasteiger partial charge is 0.497 e. The summed E-state index contributed by atoms with van der Waals surface area (Å²) in [7, 11) is 1.64. The zero-order valence-electron chi connectivity index (χ0n) is 11.9. The fourth-order valence-electron chi connectivity index (χ4n) is 1.81. The number of hydrogen-bond donors (Lipinski definition) is 1. The predicted molar refractivity (Wildman–Crippen MR) is 81.7 cm³/mol. The molecule has 0 radical (unpaired) electrons. The summed E-state index contributed by atoms with van der Waals surface area (Å²) in [5, 5.41) is 3.07. The van der Waals surface area contributed by atoms with Crippen LogP contribution in [-0.4, -0.2) is 17.8 Å². The Morgan fingerprint density at radius 1 is 1.32 bits per heavy atom. The minimum absolute atomic E-state index is 0.0391. The van der Waals surface area contributed by atoms with Gasteiger partial charge in [-0.15, -0.1) is 0 Å². The number of amides is 1. The lowest BCUT2D eigenvalue weighted by Gasteiger charge is -2.21. The second-order valence-electron chi connectivity index (χ2n) is 4.89. The Morgan fingerprint density at radius 2 is 1.89 bits per heavy atom. The number of ether oxygens (including phenoxy) is 1. The van der Waals surface area contributed by atoms with Crippen molar-refractivity contribution in [2.45, 2.75) is 38.1 Å². The molecule has 0 saturated carbocycles. The van der Waals surface area contributed by atoms with Crippen LogP contribution < -0.4 is 10.1 Å². The van der Waals surface area contributed by atoms with Crippen molar-refractivity contribution in [2.75, 3.05) is 7.11 Å². The van der Waals surface area contributed by atoms with Gasteiger partial charge in [0.1, 0.15) is 5.75 Å². The van der Waals surface area contributed by atoms with E-state index in [-0.39, 0.29) is 22.7 Å². The number of hydrogen-bond acceptors (Lipinski definition) is 2. The molecule has 2 unspecified atom stereocenters. The smallest absolute Gasteiger partial charge is 0.234 e. The van der Waals surface area contributed by atoms with E-state index < -0.39 is 0 Å². The highest BCUT2D eigenvalue weighted by molar-refractivity contribution is 9.10. The Hall–Kier alpha value is -1.03. The van der Waals surface area contributed by atoms with Crippen LogP contribution in [-0.2, 0) is 4.79 Å². The van der Waals surface area contributed by atoms with Crippen molar-refractivity contribution >= 4 is 21.8 Å². The first-order valence-corrected chi connectivity index (χ1v) is 7.49. The van der Waals surface area contributed by atoms with Crippen LogP contribution in [0.3, 0.4) is 0 Å². The van der Waals surface area contributed by atoms with Gasteiger partial charge in [0.2, 0.25) is 5.91 Å². The van der Waals surface area contributed by atoms with Gasteiger partial charge in [0.05, 0.1) is 18.0 Å². The number of alkyl halides is 1. The molecule has 0 aliphatic carbocycles. The van der Waals surface area contributed by atoms with Crippen LogP contribution in [0.25, 0.3) is 0 Å². The Labute approximate surface area is 123 Å². The number of carbonyl (C=O) groups excluding carboxylic acids is 1. The average Bonchev–Trinajstić information content (AvgIpc) is 2.43. The van der Waals surface area contributed by atoms with Crippen LogP contribution in [0.5, 0.6) is 5.75 Å². The molecule has 1 aromatic rings. The predicted octanol–water partition coefficient (Wildman–Crippen LogP) is 3.68. The molecule has 0 heterocycles. The molecule has 106 valence electrons. The van der Waals surface area contributed by atoms with Gasteiger partial charge in [-0.05, 0) is 30.0 Å². The van der Waals surface area contributed by atoms with Gasteiger partial charge >= 0.3 is 0 Å². The summed E-state index contributed by atoms with van der Waals surface area (Å²) in [4.78, 5) is 11.9. The molecule has 1 amide bonds. The molecular weight excluding hydrogens is 306 g/mol. The van der Waals surface area contributed by atoms with Crippen LogP contribution in [0.2, 0.25) is 0 Å². The van der Waals surface area contributed by atoms with E-state index in [0.717, 1.165) is 17.7 Å². The van der Waals surface area contributed by atoms with Crippen LogP contribution in [0.1, 0.15) is 38.8 Å². The number of methoxy groups -OCH3 is 1. The lowest BCUT2D eigenvalue weighted by atomic mass is 10.0. The van der Waals surface area contributed by atoms with Crippen LogP contribution in [0.4, 0.5) is 0 Å². The zero-order valence-corrected chi connectivity index (χ0v) is 13.5. The van der Waals surface area contributed by atoms with Gasteiger partial charge < -0.3 is 10.1 Å². The van der Waals surface area contributed by atoms with Crippen molar-refractivity contribution in [3.8, 4) is 5.75 Å². The number of benzene rings is 1. The fraction of sp³-hybridized carbons (Fsp3) is 0.533. The van der Waals surface area contributed by atoms with Crippen molar-refractivity contribution in [3.63, 3.8) is 0 Å². The first-order valence-electron chi connectivity index (χ1n) is 6.58. The molecule has 19 heavy (non-hydrogen) atoms. The molecule has 4 heteroatoms. The van der Waals surface area contributed by atoms with Crippen LogP contribution >= 0.6 is 15.9 Å². The summed E-state index contributed by atoms with van der Waals surface area (Å²) in [6, 6.07) is 7.85. The Morgan fingerprint density at radius 3 is 2.32 bits per heavy atom. The highest BCUT2D eigenvalue weighted by Gasteiger charge is 2.21. The molecule has 0 spiro atoms. The molecule has 1 rings (SSSR count). The molecular formula is C15H22BrNO2. The summed E-state index contributed by atoms with van der Waals surface area (Å²) >= 11 is 3.43. The van der Waals surface area contributed by atoms with Gasteiger partial charge in [-0.3, -0.25) is 4.79 Å². The van der Waals surface area contributed by atoms with Crippen LogP contribution in [0.15, 0.2) is 24.3 Å². The fourth-order valence-corrected chi connectivity index (χ4v) is 1.94. The highest BCUT2D eigenvalue weighted by Crippen LogP contribution is 2.21. The van der Waals surface area contributed by atoms with E-state index in [1.54, 1.807) is 7.11 Å². The minimum Gasteiger partial charge on any atom is -0.497 e. The molecule has 3 nitrogen and oxygen atoms in total. The second kappa shape index (κ2) is 7.53. The standard InChI is InChI=1S/C15H22BrNO2/c1-5-13(17-15(18)14(16)10(2)3)11-6-8-12(19-4)9-7-11/h6-10,13-14H,5H2,1-4H3,(H,17,18). The molecule has 0 saturated heterocycles. The summed E-state index contributed by atoms with van der Waals surface area (Å²) < 4.78 is 5.14. The minimum atomic E-state index is -0.153. The molecule has 0 fully saturated rings. The van der Waals surface area contributed by atoms with Crippen LogP contribution in [0, 0.1) is 5.92 Å². The SMILES string of the molecule is CCC(NC(=O)C(Br)C(C)C)c1ccc(OC)cc1. The normalized spacial score (nSPS) is 14.0. The van der Waals surface area contributed by atoms with Gasteiger partial charge in [0.25, 0.3) is 0 Å². The molecule has 1 N–H and O–H groups in total. The summed E-state index contributed by atoms with van der Waals surface area (Å²) in [6.07, 6.45) is 0.857. The molecule has 0 bridgehead atoms. The van der Waals surface area contributed by atoms with Crippen molar-refractivity contribution in [3.05, 3.63) is 29.8 Å². The first-order chi connectivity index (χ1) is 8.99. The third kappa shape index (κ3) is 4.53. The van der Waals surface area contributed by atoms with E-state index in [4.69, 9.17) is 4.74 Å². The third-order valence-corrected chi connectivity index (χ3v) is 4.55. The van der Waals surface area contributed by atoms with Gasteiger partial charge in [-0.1, -0.05) is 48.8 Å². The van der Waals surface area contributed by atoms with Gasteiger partial charge in [-0.2, -0.15) is 0 Å². The van der Waals surface area contributed by atoms with E-state index in [2.05, 4.69) is 28.2 Å². The number of carbonyl (C=O) groups is 1. The number of halogens is 1. The number of rotatable bonds is 6. The topological polar surface area (TPSA) is 38.3 Å².